The quantitative estimate of drug-likeness (QED) is 0.621. The van der Waals surface area contributed by atoms with Crippen LogP contribution in [0, 0.1) is 10.1 Å². The standard InChI is InChI=1S/C16H14ClN3O3/c17-12-1-4-14(15(9-12)20(22)23)16(21)19(13-2-3-13)10-11-5-7-18-8-6-11/h1,4-9,13H,2-3,10H2. The molecule has 3 rings (SSSR count). The summed E-state index contributed by atoms with van der Waals surface area (Å²) in [6, 6.07) is 7.93. The number of benzene rings is 1. The minimum absolute atomic E-state index is 0.0698. The van der Waals surface area contributed by atoms with Crippen LogP contribution in [0.2, 0.25) is 5.02 Å². The number of pyridine rings is 1. The molecule has 7 heteroatoms. The van der Waals surface area contributed by atoms with Gasteiger partial charge in [-0.1, -0.05) is 11.6 Å². The van der Waals surface area contributed by atoms with E-state index in [-0.39, 0.29) is 28.2 Å². The van der Waals surface area contributed by atoms with Crippen LogP contribution in [-0.4, -0.2) is 26.8 Å². The van der Waals surface area contributed by atoms with Crippen LogP contribution in [0.4, 0.5) is 5.69 Å². The summed E-state index contributed by atoms with van der Waals surface area (Å²) in [6.45, 7) is 0.409. The van der Waals surface area contributed by atoms with Crippen molar-refractivity contribution in [3.63, 3.8) is 0 Å². The molecule has 118 valence electrons. The van der Waals surface area contributed by atoms with E-state index < -0.39 is 4.92 Å². The molecule has 1 aromatic carbocycles. The number of nitro benzene ring substituents is 1. The van der Waals surface area contributed by atoms with Crippen molar-refractivity contribution in [1.82, 2.24) is 9.88 Å². The second kappa shape index (κ2) is 6.34. The molecule has 0 bridgehead atoms. The highest BCUT2D eigenvalue weighted by Gasteiger charge is 2.35. The Bertz CT molecular complexity index is 747. The van der Waals surface area contributed by atoms with Crippen LogP contribution in [0.5, 0.6) is 0 Å². The van der Waals surface area contributed by atoms with Gasteiger partial charge in [0.25, 0.3) is 11.6 Å². The van der Waals surface area contributed by atoms with Crippen LogP contribution in [0.25, 0.3) is 0 Å². The molecule has 1 heterocycles. The van der Waals surface area contributed by atoms with Crippen LogP contribution < -0.4 is 0 Å². The summed E-state index contributed by atoms with van der Waals surface area (Å²) in [6.07, 6.45) is 5.15. The zero-order chi connectivity index (χ0) is 16.4. The number of rotatable bonds is 5. The summed E-state index contributed by atoms with van der Waals surface area (Å²) in [7, 11) is 0. The fraction of sp³-hybridized carbons (Fsp3) is 0.250. The predicted molar refractivity (Wildman–Crippen MR) is 85.2 cm³/mol. The Morgan fingerprint density at radius 3 is 2.61 bits per heavy atom. The van der Waals surface area contributed by atoms with E-state index in [0.717, 1.165) is 18.4 Å². The fourth-order valence-electron chi connectivity index (χ4n) is 2.43. The second-order valence-corrected chi connectivity index (χ2v) is 5.87. The van der Waals surface area contributed by atoms with E-state index in [9.17, 15) is 14.9 Å². The van der Waals surface area contributed by atoms with E-state index in [0.29, 0.717) is 6.54 Å². The highest BCUT2D eigenvalue weighted by atomic mass is 35.5. The molecule has 0 N–H and O–H groups in total. The van der Waals surface area contributed by atoms with E-state index in [1.807, 2.05) is 12.1 Å². The van der Waals surface area contributed by atoms with Gasteiger partial charge in [-0.25, -0.2) is 0 Å². The van der Waals surface area contributed by atoms with Gasteiger partial charge in [-0.3, -0.25) is 19.9 Å². The third-order valence-corrected chi connectivity index (χ3v) is 3.97. The number of amides is 1. The van der Waals surface area contributed by atoms with Crippen molar-refractivity contribution < 1.29 is 9.72 Å². The van der Waals surface area contributed by atoms with Crippen molar-refractivity contribution in [3.8, 4) is 0 Å². The van der Waals surface area contributed by atoms with Crippen molar-refractivity contribution in [2.24, 2.45) is 0 Å². The van der Waals surface area contributed by atoms with Crippen LogP contribution >= 0.6 is 11.6 Å². The van der Waals surface area contributed by atoms with E-state index in [2.05, 4.69) is 4.98 Å². The number of halogens is 1. The highest BCUT2D eigenvalue weighted by molar-refractivity contribution is 6.31. The van der Waals surface area contributed by atoms with Gasteiger partial charge in [0.1, 0.15) is 5.56 Å². The summed E-state index contributed by atoms with van der Waals surface area (Å²) in [5, 5.41) is 11.4. The number of hydrogen-bond acceptors (Lipinski definition) is 4. The molecular formula is C16H14ClN3O3. The lowest BCUT2D eigenvalue weighted by molar-refractivity contribution is -0.385. The zero-order valence-corrected chi connectivity index (χ0v) is 12.9. The summed E-state index contributed by atoms with van der Waals surface area (Å²) < 4.78 is 0. The predicted octanol–water partition coefficient (Wildman–Crippen LogP) is 3.45. The molecule has 0 unspecified atom stereocenters. The Kier molecular flexibility index (Phi) is 4.25. The summed E-state index contributed by atoms with van der Waals surface area (Å²) in [5.74, 6) is -0.340. The van der Waals surface area contributed by atoms with Crippen LogP contribution in [0.15, 0.2) is 42.7 Å². The molecule has 1 aliphatic carbocycles. The molecule has 0 radical (unpaired) electrons. The Hall–Kier alpha value is -2.47. The Morgan fingerprint density at radius 1 is 1.30 bits per heavy atom. The first-order valence-electron chi connectivity index (χ1n) is 7.20. The second-order valence-electron chi connectivity index (χ2n) is 5.44. The van der Waals surface area contributed by atoms with Gasteiger partial charge in [-0.15, -0.1) is 0 Å². The molecule has 6 nitrogen and oxygen atoms in total. The van der Waals surface area contributed by atoms with E-state index in [1.165, 1.54) is 18.2 Å². The van der Waals surface area contributed by atoms with Crippen LogP contribution in [-0.2, 0) is 6.54 Å². The molecule has 1 aliphatic rings. The highest BCUT2D eigenvalue weighted by Crippen LogP contribution is 2.32. The average Bonchev–Trinajstić information content (AvgIpc) is 3.37. The molecule has 1 amide bonds. The Balaban J connectivity index is 1.92. The molecular weight excluding hydrogens is 318 g/mol. The average molecular weight is 332 g/mol. The normalized spacial score (nSPS) is 13.6. The Morgan fingerprint density at radius 2 is 2.00 bits per heavy atom. The van der Waals surface area contributed by atoms with E-state index >= 15 is 0 Å². The lowest BCUT2D eigenvalue weighted by atomic mass is 10.1. The summed E-state index contributed by atoms with van der Waals surface area (Å²) in [5.41, 5.74) is 0.750. The van der Waals surface area contributed by atoms with Gasteiger partial charge < -0.3 is 4.90 Å². The van der Waals surface area contributed by atoms with Gasteiger partial charge in [-0.2, -0.15) is 0 Å². The van der Waals surface area contributed by atoms with Gasteiger partial charge in [0.05, 0.1) is 4.92 Å². The molecule has 1 saturated carbocycles. The topological polar surface area (TPSA) is 76.3 Å². The fourth-order valence-corrected chi connectivity index (χ4v) is 2.60. The maximum Gasteiger partial charge on any atom is 0.283 e. The molecule has 2 aromatic rings. The third kappa shape index (κ3) is 3.48. The first kappa shape index (κ1) is 15.4. The van der Waals surface area contributed by atoms with Gasteiger partial charge in [0, 0.05) is 36.1 Å². The summed E-state index contributed by atoms with van der Waals surface area (Å²) in [4.78, 5) is 29.1. The van der Waals surface area contributed by atoms with E-state index in [1.54, 1.807) is 17.3 Å². The Labute approximate surface area is 137 Å². The zero-order valence-electron chi connectivity index (χ0n) is 12.2. The molecule has 0 spiro atoms. The van der Waals surface area contributed by atoms with Crippen LogP contribution in [0.1, 0.15) is 28.8 Å². The minimum Gasteiger partial charge on any atom is -0.331 e. The number of aromatic nitrogens is 1. The van der Waals surface area contributed by atoms with Gasteiger partial charge in [0.15, 0.2) is 0 Å². The summed E-state index contributed by atoms with van der Waals surface area (Å²) >= 11 is 5.81. The molecule has 0 atom stereocenters. The lowest BCUT2D eigenvalue weighted by Gasteiger charge is -2.22. The number of hydrogen-bond donors (Lipinski definition) is 0. The maximum atomic E-state index is 12.8. The first-order valence-corrected chi connectivity index (χ1v) is 7.58. The third-order valence-electron chi connectivity index (χ3n) is 3.74. The van der Waals surface area contributed by atoms with Crippen molar-refractivity contribution in [2.45, 2.75) is 25.4 Å². The van der Waals surface area contributed by atoms with Crippen molar-refractivity contribution in [2.75, 3.05) is 0 Å². The molecule has 1 fully saturated rings. The molecule has 23 heavy (non-hydrogen) atoms. The molecule has 0 aliphatic heterocycles. The molecule has 1 aromatic heterocycles. The van der Waals surface area contributed by atoms with E-state index in [4.69, 9.17) is 11.6 Å². The van der Waals surface area contributed by atoms with Crippen LogP contribution in [0.3, 0.4) is 0 Å². The molecule has 0 saturated heterocycles. The van der Waals surface area contributed by atoms with Crippen molar-refractivity contribution >= 4 is 23.2 Å². The van der Waals surface area contributed by atoms with Gasteiger partial charge >= 0.3 is 0 Å². The lowest BCUT2D eigenvalue weighted by Crippen LogP contribution is -2.33. The monoisotopic (exact) mass is 331 g/mol. The van der Waals surface area contributed by atoms with Gasteiger partial charge in [-0.05, 0) is 42.7 Å². The van der Waals surface area contributed by atoms with Crippen molar-refractivity contribution in [1.29, 1.82) is 0 Å². The largest absolute Gasteiger partial charge is 0.331 e. The first-order chi connectivity index (χ1) is 11.1. The maximum absolute atomic E-state index is 12.8. The number of carbonyl (C=O) groups is 1. The number of nitrogens with zero attached hydrogens (tertiary/aromatic N) is 3. The van der Waals surface area contributed by atoms with Crippen molar-refractivity contribution in [3.05, 3.63) is 69.0 Å². The SMILES string of the molecule is O=C(c1ccc(Cl)cc1[N+](=O)[O-])N(Cc1ccncc1)C1CC1. The smallest absolute Gasteiger partial charge is 0.283 e. The minimum atomic E-state index is -0.573. The van der Waals surface area contributed by atoms with Gasteiger partial charge in [0.2, 0.25) is 0 Å². The number of nitro groups is 1. The number of carbonyl (C=O) groups excluding carboxylic acids is 1.